The van der Waals surface area contributed by atoms with Gasteiger partial charge in [-0.3, -0.25) is 0 Å². The van der Waals surface area contributed by atoms with Crippen LogP contribution in [-0.4, -0.2) is 44.3 Å². The van der Waals surface area contributed by atoms with E-state index in [0.29, 0.717) is 0 Å². The molecule has 40 heavy (non-hydrogen) atoms. The Labute approximate surface area is 244 Å². The van der Waals surface area contributed by atoms with E-state index >= 15 is 0 Å². The van der Waals surface area contributed by atoms with Crippen molar-refractivity contribution in [3.8, 4) is 0 Å². The Bertz CT molecular complexity index is 1360. The molecule has 3 heterocycles. The van der Waals surface area contributed by atoms with E-state index in [0.717, 1.165) is 69.8 Å². The van der Waals surface area contributed by atoms with Gasteiger partial charge in [0.15, 0.2) is 5.65 Å². The van der Waals surface area contributed by atoms with Crippen LogP contribution in [0.25, 0.3) is 16.7 Å². The topological polar surface area (TPSA) is 84.9 Å². The fourth-order valence-electron chi connectivity index (χ4n) is 4.97. The van der Waals surface area contributed by atoms with Crippen LogP contribution in [0.15, 0.2) is 70.4 Å². The summed E-state index contributed by atoms with van der Waals surface area (Å²) in [6, 6.07) is 0. The number of aromatic nitrogens is 4. The number of nitrogens with two attached hydrogens (primary N) is 1. The minimum Gasteiger partial charge on any atom is -0.394 e. The molecule has 0 unspecified atom stereocenters. The van der Waals surface area contributed by atoms with Crippen molar-refractivity contribution in [2.24, 2.45) is 11.1 Å². The Hall–Kier alpha value is -3.10. The van der Waals surface area contributed by atoms with Gasteiger partial charge in [-0.15, -0.1) is 0 Å². The van der Waals surface area contributed by atoms with Gasteiger partial charge in [0, 0.05) is 29.1 Å². The van der Waals surface area contributed by atoms with Crippen LogP contribution in [0.1, 0.15) is 72.5 Å². The minimum absolute atomic E-state index is 0.0780. The zero-order valence-electron chi connectivity index (χ0n) is 24.8. The van der Waals surface area contributed by atoms with Crippen LogP contribution in [0.5, 0.6) is 0 Å². The highest BCUT2D eigenvalue weighted by atomic mass is 32.2. The monoisotopic (exact) mass is 559 g/mol. The Morgan fingerprint density at radius 1 is 1.12 bits per heavy atom. The van der Waals surface area contributed by atoms with E-state index in [2.05, 4.69) is 61.9 Å². The Morgan fingerprint density at radius 3 is 2.60 bits per heavy atom. The number of rotatable bonds is 10. The molecule has 3 N–H and O–H groups in total. The third-order valence-electron chi connectivity index (χ3n) is 7.36. The molecule has 2 aromatic rings. The number of thioether (sulfide) groups is 1. The molecule has 0 atom stereocenters. The fourth-order valence-corrected chi connectivity index (χ4v) is 5.64. The second-order valence-corrected chi connectivity index (χ2v) is 12.6. The first kappa shape index (κ1) is 29.9. The number of hydrogen-bond donors (Lipinski definition) is 2. The van der Waals surface area contributed by atoms with E-state index in [1.54, 1.807) is 0 Å². The van der Waals surface area contributed by atoms with Gasteiger partial charge in [-0.05, 0) is 69.8 Å². The van der Waals surface area contributed by atoms with Crippen LogP contribution >= 0.6 is 11.8 Å². The molecule has 2 aliphatic rings. The van der Waals surface area contributed by atoms with Crippen LogP contribution in [0.3, 0.4) is 0 Å². The average molecular weight is 560 g/mol. The number of nitrogens with zero attached hydrogens (tertiary/aromatic N) is 5. The zero-order valence-corrected chi connectivity index (χ0v) is 25.7. The highest BCUT2D eigenvalue weighted by Gasteiger charge is 2.19. The number of hydrogen-bond acceptors (Lipinski definition) is 7. The lowest BCUT2D eigenvalue weighted by atomic mass is 9.86. The molecule has 2 aromatic heterocycles. The van der Waals surface area contributed by atoms with E-state index in [-0.39, 0.29) is 5.41 Å². The molecule has 8 heteroatoms. The van der Waals surface area contributed by atoms with E-state index in [1.165, 1.54) is 49.7 Å². The van der Waals surface area contributed by atoms with Crippen LogP contribution in [0, 0.1) is 5.41 Å². The molecule has 0 bridgehead atoms. The molecule has 0 amide bonds. The predicted octanol–water partition coefficient (Wildman–Crippen LogP) is 7.40. The maximum absolute atomic E-state index is 6.10. The summed E-state index contributed by atoms with van der Waals surface area (Å²) in [6.45, 7) is 18.4. The first-order valence-corrected chi connectivity index (χ1v) is 15.3. The molecule has 214 valence electrons. The maximum atomic E-state index is 6.10. The van der Waals surface area contributed by atoms with Gasteiger partial charge in [-0.25, -0.2) is 14.6 Å². The van der Waals surface area contributed by atoms with Crippen molar-refractivity contribution in [3.63, 3.8) is 0 Å². The summed E-state index contributed by atoms with van der Waals surface area (Å²) in [6.07, 6.45) is 21.1. The molecule has 1 aliphatic heterocycles. The molecule has 0 saturated carbocycles. The summed E-state index contributed by atoms with van der Waals surface area (Å²) in [7, 11) is 0. The molecule has 1 aliphatic carbocycles. The van der Waals surface area contributed by atoms with Gasteiger partial charge in [0.1, 0.15) is 11.6 Å². The van der Waals surface area contributed by atoms with Crippen LogP contribution in [-0.2, 0) is 6.42 Å². The van der Waals surface area contributed by atoms with Crippen LogP contribution in [0.2, 0.25) is 0 Å². The van der Waals surface area contributed by atoms with Crippen molar-refractivity contribution in [2.45, 2.75) is 73.1 Å². The summed E-state index contributed by atoms with van der Waals surface area (Å²) in [5, 5.41) is 9.87. The minimum atomic E-state index is 0.0780. The molecular weight excluding hydrogens is 514 g/mol. The third kappa shape index (κ3) is 7.55. The number of nitrogens with one attached hydrogen (secondary N) is 1. The summed E-state index contributed by atoms with van der Waals surface area (Å²) < 4.78 is 1.97. The Balaban J connectivity index is 1.67. The molecule has 0 radical (unpaired) electrons. The highest BCUT2D eigenvalue weighted by Crippen LogP contribution is 2.32. The smallest absolute Gasteiger partial charge is 0.168 e. The van der Waals surface area contributed by atoms with Crippen LogP contribution < -0.4 is 11.1 Å². The number of allylic oxidation sites excluding steroid dienone is 8. The standard InChI is InChI=1S/C32H45N7S/c1-7-27(40-28(33)8-2)23(3)35-30-26-22-34-39(25-15-12-14-24(17-18-25)32(4,5)6)31(26)37-29(36-30)16-13-21-38-19-10-9-11-20-38/h7-8,12,14,17-18,22H,3,9-11,13,15-16,19-21,33H2,1-2,4-6H3,(H,35,36,37)/b27-7-,28-8-. The number of aryl methyl sites for hydroxylation is 1. The predicted molar refractivity (Wildman–Crippen MR) is 172 cm³/mol. The van der Waals surface area contributed by atoms with Gasteiger partial charge in [-0.2, -0.15) is 5.10 Å². The maximum Gasteiger partial charge on any atom is 0.168 e. The normalized spacial score (nSPS) is 17.5. The Morgan fingerprint density at radius 2 is 1.90 bits per heavy atom. The molecule has 1 fully saturated rings. The van der Waals surface area contributed by atoms with Gasteiger partial charge in [0.25, 0.3) is 0 Å². The SMILES string of the molecule is C=C(Nc1nc(CCCN2CCCCC2)nc2c1cnn2C1=CC=C(C(C)(C)C)C=CC1)/C(=C/C)S/C(N)=C\C. The highest BCUT2D eigenvalue weighted by molar-refractivity contribution is 8.06. The van der Waals surface area contributed by atoms with E-state index < -0.39 is 0 Å². The van der Waals surface area contributed by atoms with E-state index in [4.69, 9.17) is 20.8 Å². The molecule has 7 nitrogen and oxygen atoms in total. The van der Waals surface area contributed by atoms with Gasteiger partial charge in [0.05, 0.1) is 16.6 Å². The lowest BCUT2D eigenvalue weighted by Gasteiger charge is -2.26. The Kier molecular flexibility index (Phi) is 10.1. The molecular formula is C32H45N7S. The van der Waals surface area contributed by atoms with Crippen molar-refractivity contribution in [3.05, 3.63) is 76.3 Å². The largest absolute Gasteiger partial charge is 0.394 e. The zero-order chi connectivity index (χ0) is 28.7. The van der Waals surface area contributed by atoms with Crippen molar-refractivity contribution in [2.75, 3.05) is 25.0 Å². The van der Waals surface area contributed by atoms with Crippen molar-refractivity contribution < 1.29 is 0 Å². The summed E-state index contributed by atoms with van der Waals surface area (Å²) in [5.74, 6) is 1.55. The summed E-state index contributed by atoms with van der Waals surface area (Å²) in [5.41, 5.74) is 10.1. The lowest BCUT2D eigenvalue weighted by molar-refractivity contribution is 0.226. The number of anilines is 1. The average Bonchev–Trinajstić information content (AvgIpc) is 3.19. The van der Waals surface area contributed by atoms with Gasteiger partial charge in [0.2, 0.25) is 0 Å². The van der Waals surface area contributed by atoms with Gasteiger partial charge < -0.3 is 16.0 Å². The summed E-state index contributed by atoms with van der Waals surface area (Å²) >= 11 is 1.49. The fraction of sp³-hybridized carbons (Fsp3) is 0.469. The van der Waals surface area contributed by atoms with Gasteiger partial charge >= 0.3 is 0 Å². The number of fused-ring (bicyclic) bond motifs is 1. The lowest BCUT2D eigenvalue weighted by Crippen LogP contribution is -2.30. The molecule has 0 aromatic carbocycles. The van der Waals surface area contributed by atoms with E-state index in [9.17, 15) is 0 Å². The number of likely N-dealkylation sites (tertiary alicyclic amines) is 1. The molecule has 4 rings (SSSR count). The second kappa shape index (κ2) is 13.5. The van der Waals surface area contributed by atoms with E-state index in [1.807, 2.05) is 36.9 Å². The van der Waals surface area contributed by atoms with Gasteiger partial charge in [-0.1, -0.05) is 75.9 Å². The van der Waals surface area contributed by atoms with Crippen molar-refractivity contribution in [1.29, 1.82) is 0 Å². The molecule has 0 spiro atoms. The second-order valence-electron chi connectivity index (χ2n) is 11.5. The quantitative estimate of drug-likeness (QED) is 0.293. The first-order chi connectivity index (χ1) is 19.2. The van der Waals surface area contributed by atoms with Crippen LogP contribution in [0.4, 0.5) is 5.82 Å². The third-order valence-corrected chi connectivity index (χ3v) is 8.53. The van der Waals surface area contributed by atoms with Crippen molar-refractivity contribution >= 4 is 34.3 Å². The van der Waals surface area contributed by atoms with Crippen molar-refractivity contribution in [1.82, 2.24) is 24.6 Å². The molecule has 1 saturated heterocycles. The first-order valence-electron chi connectivity index (χ1n) is 14.5. The number of piperidine rings is 1. The summed E-state index contributed by atoms with van der Waals surface area (Å²) in [4.78, 5) is 13.6.